The molecule has 0 amide bonds. The van der Waals surface area contributed by atoms with Crippen LogP contribution in [0, 0.1) is 17.2 Å². The maximum Gasteiger partial charge on any atom is 0.254 e. The van der Waals surface area contributed by atoms with Crippen molar-refractivity contribution in [3.8, 4) is 11.9 Å². The highest BCUT2D eigenvalue weighted by Gasteiger charge is 2.44. The summed E-state index contributed by atoms with van der Waals surface area (Å²) in [4.78, 5) is 0. The van der Waals surface area contributed by atoms with Crippen LogP contribution < -0.4 is 4.74 Å². The van der Waals surface area contributed by atoms with Crippen LogP contribution in [0.5, 0.6) is 5.88 Å². The summed E-state index contributed by atoms with van der Waals surface area (Å²) in [6.07, 6.45) is 0. The fraction of sp³-hybridized carbons (Fsp3) is 0.667. The second-order valence-corrected chi connectivity index (χ2v) is 9.88. The Balaban J connectivity index is 3.24. The van der Waals surface area contributed by atoms with Crippen molar-refractivity contribution in [2.24, 2.45) is 5.92 Å². The van der Waals surface area contributed by atoms with Gasteiger partial charge in [-0.3, -0.25) is 0 Å². The van der Waals surface area contributed by atoms with Gasteiger partial charge < -0.3 is 13.7 Å². The van der Waals surface area contributed by atoms with Crippen LogP contribution in [-0.2, 0) is 10.0 Å². The molecule has 1 aromatic rings. The van der Waals surface area contributed by atoms with Gasteiger partial charge >= 0.3 is 0 Å². The molecule has 1 unspecified atom stereocenters. The van der Waals surface area contributed by atoms with E-state index in [-0.39, 0.29) is 5.92 Å². The largest absolute Gasteiger partial charge is 0.479 e. The molecule has 6 heteroatoms. The predicted octanol–water partition coefficient (Wildman–Crippen LogP) is 2.91. The summed E-state index contributed by atoms with van der Waals surface area (Å²) in [6.45, 7) is 9.97. The molecule has 0 radical (unpaired) electrons. The van der Waals surface area contributed by atoms with Crippen LogP contribution >= 0.6 is 0 Å². The average molecular weight is 268 g/mol. The molecule has 5 nitrogen and oxygen atoms in total. The third kappa shape index (κ3) is 2.92. The third-order valence-electron chi connectivity index (χ3n) is 2.51. The molecule has 0 spiro atoms. The zero-order valence-corrected chi connectivity index (χ0v) is 12.8. The topological polar surface area (TPSA) is 68.3 Å². The smallest absolute Gasteiger partial charge is 0.254 e. The maximum absolute atomic E-state index is 9.56. The van der Waals surface area contributed by atoms with Crippen molar-refractivity contribution in [3.63, 3.8) is 0 Å². The number of rotatable bonds is 5. The first-order chi connectivity index (χ1) is 8.25. The minimum absolute atomic E-state index is 0.0492. The van der Waals surface area contributed by atoms with Gasteiger partial charge in [-0.2, -0.15) is 5.26 Å². The van der Waals surface area contributed by atoms with E-state index in [4.69, 9.17) is 13.7 Å². The highest BCUT2D eigenvalue weighted by molar-refractivity contribution is 6.69. The Morgan fingerprint density at radius 3 is 2.39 bits per heavy atom. The number of methoxy groups -OCH3 is 1. The molecule has 0 saturated heterocycles. The fourth-order valence-electron chi connectivity index (χ4n) is 1.67. The number of nitrogens with zero attached hydrogens (tertiary/aromatic N) is 2. The lowest BCUT2D eigenvalue weighted by atomic mass is 9.89. The van der Waals surface area contributed by atoms with Crippen LogP contribution in [-0.4, -0.2) is 20.6 Å². The Hall–Kier alpha value is -1.32. The molecule has 100 valence electrons. The molecule has 1 atom stereocenters. The van der Waals surface area contributed by atoms with Crippen molar-refractivity contribution < 1.29 is 13.7 Å². The molecule has 0 aromatic carbocycles. The highest BCUT2D eigenvalue weighted by atomic mass is 28.4. The van der Waals surface area contributed by atoms with Gasteiger partial charge in [0.1, 0.15) is 6.07 Å². The molecular formula is C12H20N2O3Si. The molecule has 0 aliphatic rings. The number of ether oxygens (including phenoxy) is 1. The molecule has 0 fully saturated rings. The lowest BCUT2D eigenvalue weighted by Gasteiger charge is -2.34. The first-order valence-electron chi connectivity index (χ1n) is 5.88. The molecule has 1 heterocycles. The predicted molar refractivity (Wildman–Crippen MR) is 69.6 cm³/mol. The zero-order valence-electron chi connectivity index (χ0n) is 11.8. The average Bonchev–Trinajstić information content (AvgIpc) is 2.73. The molecule has 0 bridgehead atoms. The Morgan fingerprint density at radius 1 is 1.44 bits per heavy atom. The van der Waals surface area contributed by atoms with E-state index in [2.05, 4.69) is 11.2 Å². The minimum Gasteiger partial charge on any atom is -0.479 e. The van der Waals surface area contributed by atoms with Crippen LogP contribution in [0.1, 0.15) is 19.6 Å². The summed E-state index contributed by atoms with van der Waals surface area (Å²) in [7, 11) is -0.407. The Bertz CT molecular complexity index is 445. The van der Waals surface area contributed by atoms with E-state index in [1.165, 1.54) is 7.11 Å². The molecule has 1 aromatic heterocycles. The molecular weight excluding hydrogens is 248 g/mol. The van der Waals surface area contributed by atoms with Crippen LogP contribution in [0.2, 0.25) is 19.6 Å². The van der Waals surface area contributed by atoms with E-state index in [0.717, 1.165) is 0 Å². The Kier molecular flexibility index (Phi) is 4.19. The van der Waals surface area contributed by atoms with Crippen LogP contribution in [0.25, 0.3) is 0 Å². The first-order valence-corrected chi connectivity index (χ1v) is 9.28. The van der Waals surface area contributed by atoms with E-state index in [9.17, 15) is 5.26 Å². The molecule has 0 saturated carbocycles. The van der Waals surface area contributed by atoms with Gasteiger partial charge in [0.15, 0.2) is 14.1 Å². The monoisotopic (exact) mass is 268 g/mol. The van der Waals surface area contributed by atoms with Crippen molar-refractivity contribution >= 4 is 8.32 Å². The van der Waals surface area contributed by atoms with E-state index in [1.807, 2.05) is 33.5 Å². The van der Waals surface area contributed by atoms with Crippen molar-refractivity contribution in [2.45, 2.75) is 39.1 Å². The van der Waals surface area contributed by atoms with Gasteiger partial charge in [-0.1, -0.05) is 13.8 Å². The molecule has 18 heavy (non-hydrogen) atoms. The summed E-state index contributed by atoms with van der Waals surface area (Å²) >= 11 is 0. The normalized spacial score (nSPS) is 15.2. The second-order valence-electron chi connectivity index (χ2n) is 5.45. The van der Waals surface area contributed by atoms with Gasteiger partial charge in [0.25, 0.3) is 5.88 Å². The fourth-order valence-corrected chi connectivity index (χ4v) is 3.02. The van der Waals surface area contributed by atoms with E-state index in [1.54, 1.807) is 6.07 Å². The van der Waals surface area contributed by atoms with Gasteiger partial charge in [-0.05, 0) is 24.8 Å². The quantitative estimate of drug-likeness (QED) is 0.768. The second kappa shape index (κ2) is 5.12. The van der Waals surface area contributed by atoms with Crippen molar-refractivity contribution in [2.75, 3.05) is 7.11 Å². The molecule has 0 N–H and O–H groups in total. The van der Waals surface area contributed by atoms with Crippen LogP contribution in [0.3, 0.4) is 0 Å². The number of aromatic nitrogens is 1. The Morgan fingerprint density at radius 2 is 2.06 bits per heavy atom. The van der Waals surface area contributed by atoms with Gasteiger partial charge in [0.05, 0.1) is 7.11 Å². The lowest BCUT2D eigenvalue weighted by Crippen LogP contribution is -2.43. The number of hydrogen-bond donors (Lipinski definition) is 0. The van der Waals surface area contributed by atoms with E-state index < -0.39 is 13.9 Å². The van der Waals surface area contributed by atoms with E-state index >= 15 is 0 Å². The minimum atomic E-state index is -1.91. The summed E-state index contributed by atoms with van der Waals surface area (Å²) in [5, 5.41) is 13.3. The van der Waals surface area contributed by atoms with Crippen molar-refractivity contribution in [1.29, 1.82) is 5.26 Å². The van der Waals surface area contributed by atoms with Gasteiger partial charge in [0.2, 0.25) is 5.60 Å². The summed E-state index contributed by atoms with van der Waals surface area (Å²) in [5.41, 5.74) is -1.10. The van der Waals surface area contributed by atoms with Crippen LogP contribution in [0.15, 0.2) is 10.6 Å². The third-order valence-corrected chi connectivity index (χ3v) is 3.44. The van der Waals surface area contributed by atoms with Crippen LogP contribution in [0.4, 0.5) is 0 Å². The summed E-state index contributed by atoms with van der Waals surface area (Å²) in [6, 6.07) is 3.86. The van der Waals surface area contributed by atoms with Gasteiger partial charge in [-0.15, -0.1) is 0 Å². The van der Waals surface area contributed by atoms with Crippen molar-refractivity contribution in [1.82, 2.24) is 5.16 Å². The Labute approximate surface area is 109 Å². The standard InChI is InChI=1S/C12H20N2O3Si/c1-9(2)12(8-13,17-18(4,5)6)10-7-11(15-3)14-16-10/h7,9H,1-6H3. The van der Waals surface area contributed by atoms with Crippen molar-refractivity contribution in [3.05, 3.63) is 11.8 Å². The van der Waals surface area contributed by atoms with E-state index in [0.29, 0.717) is 11.6 Å². The summed E-state index contributed by atoms with van der Waals surface area (Å²) in [5.74, 6) is 0.704. The highest BCUT2D eigenvalue weighted by Crippen LogP contribution is 2.37. The molecule has 1 rings (SSSR count). The van der Waals surface area contributed by atoms with Gasteiger partial charge in [0, 0.05) is 12.0 Å². The maximum atomic E-state index is 9.56. The summed E-state index contributed by atoms with van der Waals surface area (Å²) < 4.78 is 16.3. The zero-order chi connectivity index (χ0) is 14.0. The van der Waals surface area contributed by atoms with Gasteiger partial charge in [-0.25, -0.2) is 0 Å². The first kappa shape index (κ1) is 14.7. The molecule has 0 aliphatic heterocycles. The number of hydrogen-bond acceptors (Lipinski definition) is 5. The molecule has 0 aliphatic carbocycles. The SMILES string of the molecule is COc1cc(C(C#N)(O[Si](C)(C)C)C(C)C)on1. The number of nitriles is 1. The lowest BCUT2D eigenvalue weighted by molar-refractivity contribution is 0.0394.